The number of ether oxygens (including phenoxy) is 2. The van der Waals surface area contributed by atoms with Gasteiger partial charge >= 0.3 is 12.0 Å². The second-order valence-electron chi connectivity index (χ2n) is 6.54. The number of hydrogen-bond acceptors (Lipinski definition) is 6. The van der Waals surface area contributed by atoms with Gasteiger partial charge in [0.05, 0.1) is 42.1 Å². The standard InChI is InChI=1S/C18H22N4O6/c1-2-28-17(23)15-14(11-21-6-8-27-9-7-21)19-18(24)20-16(15)12-4-3-5-13(10-12)22(25)26/h3-5,10,16H,2,6-9,11H2,1H3,(H2,19,20,24)/p+1/t16-/m1/s1. The van der Waals surface area contributed by atoms with Crippen molar-refractivity contribution in [2.45, 2.75) is 13.0 Å². The van der Waals surface area contributed by atoms with Gasteiger partial charge in [0.1, 0.15) is 19.6 Å². The van der Waals surface area contributed by atoms with E-state index < -0.39 is 23.0 Å². The molecule has 0 aliphatic carbocycles. The molecule has 10 nitrogen and oxygen atoms in total. The number of benzene rings is 1. The minimum absolute atomic E-state index is 0.117. The third-order valence-electron chi connectivity index (χ3n) is 4.69. The topological polar surface area (TPSA) is 124 Å². The molecule has 1 fully saturated rings. The molecule has 1 aromatic carbocycles. The lowest BCUT2D eigenvalue weighted by atomic mass is 9.94. The number of esters is 1. The molecule has 2 aliphatic rings. The zero-order valence-corrected chi connectivity index (χ0v) is 15.5. The van der Waals surface area contributed by atoms with Crippen molar-refractivity contribution in [3.05, 3.63) is 51.2 Å². The zero-order valence-electron chi connectivity index (χ0n) is 15.5. The number of carbonyl (C=O) groups excluding carboxylic acids is 2. The quantitative estimate of drug-likeness (QED) is 0.347. The average Bonchev–Trinajstić information content (AvgIpc) is 2.68. The monoisotopic (exact) mass is 391 g/mol. The predicted molar refractivity (Wildman–Crippen MR) is 97.5 cm³/mol. The van der Waals surface area contributed by atoms with Crippen LogP contribution in [0.1, 0.15) is 18.5 Å². The number of non-ortho nitro benzene ring substituents is 1. The summed E-state index contributed by atoms with van der Waals surface area (Å²) in [6.07, 6.45) is 0. The van der Waals surface area contributed by atoms with E-state index in [0.717, 1.165) is 13.1 Å². The van der Waals surface area contributed by atoms with E-state index in [4.69, 9.17) is 9.47 Å². The average molecular weight is 391 g/mol. The first kappa shape index (κ1) is 19.8. The number of nitro groups is 1. The van der Waals surface area contributed by atoms with Gasteiger partial charge in [-0.1, -0.05) is 12.1 Å². The Morgan fingerprint density at radius 3 is 2.82 bits per heavy atom. The summed E-state index contributed by atoms with van der Waals surface area (Å²) in [5.74, 6) is -0.561. The van der Waals surface area contributed by atoms with Crippen LogP contribution in [0.25, 0.3) is 0 Å². The summed E-state index contributed by atoms with van der Waals surface area (Å²) in [5, 5.41) is 16.5. The Bertz CT molecular complexity index is 803. The van der Waals surface area contributed by atoms with Crippen molar-refractivity contribution in [2.75, 3.05) is 39.5 Å². The first-order valence-corrected chi connectivity index (χ1v) is 9.13. The highest BCUT2D eigenvalue weighted by Gasteiger charge is 2.36. The normalized spacial score (nSPS) is 20.3. The summed E-state index contributed by atoms with van der Waals surface area (Å²) < 4.78 is 10.6. The van der Waals surface area contributed by atoms with Gasteiger partial charge in [0, 0.05) is 12.1 Å². The van der Waals surface area contributed by atoms with Crippen molar-refractivity contribution in [3.8, 4) is 0 Å². The molecule has 0 bridgehead atoms. The second kappa shape index (κ2) is 8.81. The summed E-state index contributed by atoms with van der Waals surface area (Å²) in [6, 6.07) is 4.59. The SMILES string of the molecule is CCOC(=O)C1=C(C[NH+]2CCOCC2)NC(=O)N[C@@H]1c1cccc([N+](=O)[O-])c1. The van der Waals surface area contributed by atoms with Crippen molar-refractivity contribution in [1.29, 1.82) is 0 Å². The van der Waals surface area contributed by atoms with Crippen LogP contribution in [0.3, 0.4) is 0 Å². The fourth-order valence-corrected chi connectivity index (χ4v) is 3.36. The summed E-state index contributed by atoms with van der Waals surface area (Å²) in [4.78, 5) is 36.8. The van der Waals surface area contributed by atoms with E-state index in [9.17, 15) is 19.7 Å². The molecule has 1 saturated heterocycles. The van der Waals surface area contributed by atoms with E-state index in [2.05, 4.69) is 10.6 Å². The van der Waals surface area contributed by atoms with Crippen molar-refractivity contribution in [1.82, 2.24) is 10.6 Å². The predicted octanol–water partition coefficient (Wildman–Crippen LogP) is -0.319. The van der Waals surface area contributed by atoms with E-state index in [1.807, 2.05) is 0 Å². The van der Waals surface area contributed by atoms with Gasteiger partial charge in [0.15, 0.2) is 0 Å². The number of nitrogens with zero attached hydrogens (tertiary/aromatic N) is 1. The lowest BCUT2D eigenvalue weighted by Gasteiger charge is -2.31. The largest absolute Gasteiger partial charge is 0.463 e. The molecule has 0 saturated carbocycles. The van der Waals surface area contributed by atoms with Crippen LogP contribution < -0.4 is 15.5 Å². The molecular weight excluding hydrogens is 368 g/mol. The number of carbonyl (C=O) groups is 2. The van der Waals surface area contributed by atoms with Crippen LogP contribution in [0.15, 0.2) is 35.5 Å². The van der Waals surface area contributed by atoms with Crippen LogP contribution in [-0.4, -0.2) is 56.4 Å². The van der Waals surface area contributed by atoms with Crippen molar-refractivity contribution >= 4 is 17.7 Å². The van der Waals surface area contributed by atoms with Crippen LogP contribution in [0, 0.1) is 10.1 Å². The molecule has 2 heterocycles. The van der Waals surface area contributed by atoms with Gasteiger partial charge in [0.2, 0.25) is 0 Å². The molecule has 3 rings (SSSR count). The highest BCUT2D eigenvalue weighted by Crippen LogP contribution is 2.29. The highest BCUT2D eigenvalue weighted by molar-refractivity contribution is 5.95. The van der Waals surface area contributed by atoms with E-state index in [0.29, 0.717) is 31.0 Å². The van der Waals surface area contributed by atoms with Crippen LogP contribution >= 0.6 is 0 Å². The molecule has 0 unspecified atom stereocenters. The van der Waals surface area contributed by atoms with Gasteiger partial charge < -0.3 is 25.0 Å². The van der Waals surface area contributed by atoms with Crippen molar-refractivity contribution in [3.63, 3.8) is 0 Å². The summed E-state index contributed by atoms with van der Waals surface area (Å²) in [7, 11) is 0. The summed E-state index contributed by atoms with van der Waals surface area (Å²) in [6.45, 7) is 5.03. The molecule has 28 heavy (non-hydrogen) atoms. The fourth-order valence-electron chi connectivity index (χ4n) is 3.36. The Morgan fingerprint density at radius 2 is 2.14 bits per heavy atom. The first-order valence-electron chi connectivity index (χ1n) is 9.13. The van der Waals surface area contributed by atoms with Crippen LogP contribution in [-0.2, 0) is 14.3 Å². The number of nitro benzene ring substituents is 1. The van der Waals surface area contributed by atoms with E-state index in [1.165, 1.54) is 23.1 Å². The molecule has 0 radical (unpaired) electrons. The molecule has 2 amide bonds. The molecule has 0 spiro atoms. The molecule has 1 atom stereocenters. The second-order valence-corrected chi connectivity index (χ2v) is 6.54. The molecule has 2 aliphatic heterocycles. The third kappa shape index (κ3) is 4.46. The van der Waals surface area contributed by atoms with Gasteiger partial charge in [-0.2, -0.15) is 0 Å². The first-order chi connectivity index (χ1) is 13.5. The maximum atomic E-state index is 12.7. The van der Waals surface area contributed by atoms with Gasteiger partial charge in [0.25, 0.3) is 5.69 Å². The molecule has 3 N–H and O–H groups in total. The van der Waals surface area contributed by atoms with E-state index in [-0.39, 0.29) is 17.9 Å². The molecular formula is C18H23N4O6+. The fraction of sp³-hybridized carbons (Fsp3) is 0.444. The van der Waals surface area contributed by atoms with Gasteiger partial charge in [-0.3, -0.25) is 10.1 Å². The maximum Gasteiger partial charge on any atom is 0.338 e. The Balaban J connectivity index is 2.01. The number of rotatable bonds is 6. The number of urea groups is 1. The third-order valence-corrected chi connectivity index (χ3v) is 4.69. The summed E-state index contributed by atoms with van der Waals surface area (Å²) in [5.41, 5.74) is 1.06. The smallest absolute Gasteiger partial charge is 0.338 e. The molecule has 150 valence electrons. The maximum absolute atomic E-state index is 12.7. The Kier molecular flexibility index (Phi) is 6.22. The minimum Gasteiger partial charge on any atom is -0.463 e. The minimum atomic E-state index is -0.830. The van der Waals surface area contributed by atoms with Gasteiger partial charge in [-0.25, -0.2) is 9.59 Å². The highest BCUT2D eigenvalue weighted by atomic mass is 16.6. The Morgan fingerprint density at radius 1 is 1.39 bits per heavy atom. The van der Waals surface area contributed by atoms with E-state index >= 15 is 0 Å². The van der Waals surface area contributed by atoms with Crippen LogP contribution in [0.2, 0.25) is 0 Å². The van der Waals surface area contributed by atoms with Crippen LogP contribution in [0.4, 0.5) is 10.5 Å². The summed E-state index contributed by atoms with van der Waals surface area (Å²) >= 11 is 0. The van der Waals surface area contributed by atoms with Crippen LogP contribution in [0.5, 0.6) is 0 Å². The number of quaternary nitrogens is 1. The number of hydrogen-bond donors (Lipinski definition) is 3. The molecule has 0 aromatic heterocycles. The Hall–Kier alpha value is -2.98. The molecule has 1 aromatic rings. The number of amides is 2. The lowest BCUT2D eigenvalue weighted by molar-refractivity contribution is -0.903. The zero-order chi connectivity index (χ0) is 20.1. The lowest BCUT2D eigenvalue weighted by Crippen LogP contribution is -3.14. The van der Waals surface area contributed by atoms with Crippen molar-refractivity contribution < 1.29 is 28.9 Å². The van der Waals surface area contributed by atoms with Crippen molar-refractivity contribution in [2.24, 2.45) is 0 Å². The van der Waals surface area contributed by atoms with E-state index in [1.54, 1.807) is 13.0 Å². The Labute approximate surface area is 161 Å². The van der Waals surface area contributed by atoms with Gasteiger partial charge in [-0.15, -0.1) is 0 Å². The number of morpholine rings is 1. The van der Waals surface area contributed by atoms with Gasteiger partial charge in [-0.05, 0) is 12.5 Å². The molecule has 10 heteroatoms. The number of nitrogens with one attached hydrogen (secondary N) is 3.